The van der Waals surface area contributed by atoms with E-state index < -0.39 is 11.9 Å². The first-order chi connectivity index (χ1) is 16.8. The van der Waals surface area contributed by atoms with Crippen LogP contribution < -0.4 is 21.2 Å². The molecule has 2 aromatic rings. The number of hydrogen-bond donors (Lipinski definition) is 3. The highest BCUT2D eigenvalue weighted by atomic mass is 19.3. The summed E-state index contributed by atoms with van der Waals surface area (Å²) in [6, 6.07) is 5.55. The molecular formula is C24H35F2N7O3. The van der Waals surface area contributed by atoms with Crippen LogP contribution >= 0.6 is 0 Å². The Labute approximate surface area is 210 Å². The van der Waals surface area contributed by atoms with Crippen molar-refractivity contribution in [3.63, 3.8) is 0 Å². The van der Waals surface area contributed by atoms with Gasteiger partial charge in [-0.1, -0.05) is 13.8 Å². The summed E-state index contributed by atoms with van der Waals surface area (Å²) in [5.74, 6) is 2.70. The van der Waals surface area contributed by atoms with Crippen molar-refractivity contribution in [1.82, 2.24) is 20.0 Å². The fraction of sp³-hybridized carbons (Fsp3) is 0.500. The molecule has 12 heteroatoms. The van der Waals surface area contributed by atoms with Crippen LogP contribution in [0.5, 0.6) is 6.01 Å². The summed E-state index contributed by atoms with van der Waals surface area (Å²) in [6.45, 7) is 7.24. The molecule has 0 radical (unpaired) electrons. The minimum Gasteiger partial charge on any atom is -0.481 e. The highest BCUT2D eigenvalue weighted by Crippen LogP contribution is 2.31. The third-order valence-electron chi connectivity index (χ3n) is 5.39. The number of pyridine rings is 1. The van der Waals surface area contributed by atoms with Crippen molar-refractivity contribution in [2.24, 2.45) is 11.6 Å². The zero-order valence-corrected chi connectivity index (χ0v) is 21.3. The number of alkyl halides is 2. The number of ether oxygens (including phenoxy) is 1. The average molecular weight is 508 g/mol. The van der Waals surface area contributed by atoms with Crippen molar-refractivity contribution in [3.8, 4) is 6.01 Å². The number of hydrogen-bond acceptors (Lipinski definition) is 9. The fourth-order valence-electron chi connectivity index (χ4n) is 3.60. The van der Waals surface area contributed by atoms with Gasteiger partial charge in [0.05, 0.1) is 40.7 Å². The first-order valence-corrected chi connectivity index (χ1v) is 11.5. The number of aryl methyl sites for hydroxylation is 1. The summed E-state index contributed by atoms with van der Waals surface area (Å²) in [5, 5.41) is 8.78. The standard InChI is InChI=1S/C22H31F2N7O.C2H4O2/c1-14(2)16-8-10-27-21(29-16)32-12-19(30(4)26)20(25)17-6-7-18(15(3)28-17)31-11-5-9-22(23,24)13-31;1-2(3)4/h6-8,10,14H,5,9,11-13,25-26H2,1-4H3;1H3,(H,3,4)/b20-19-;. The maximum atomic E-state index is 13.8. The Kier molecular flexibility index (Phi) is 9.91. The maximum Gasteiger partial charge on any atom is 0.316 e. The normalized spacial score (nSPS) is 15.5. The van der Waals surface area contributed by atoms with Gasteiger partial charge in [0.25, 0.3) is 11.9 Å². The van der Waals surface area contributed by atoms with E-state index in [9.17, 15) is 8.78 Å². The van der Waals surface area contributed by atoms with Gasteiger partial charge in [-0.15, -0.1) is 0 Å². The van der Waals surface area contributed by atoms with Crippen LogP contribution in [0.3, 0.4) is 0 Å². The first-order valence-electron chi connectivity index (χ1n) is 11.5. The van der Waals surface area contributed by atoms with Gasteiger partial charge in [0.2, 0.25) is 0 Å². The Morgan fingerprint density at radius 1 is 1.31 bits per heavy atom. The molecule has 0 bridgehead atoms. The highest BCUT2D eigenvalue weighted by molar-refractivity contribution is 5.65. The first kappa shape index (κ1) is 28.7. The Bertz CT molecular complexity index is 1070. The number of rotatable bonds is 7. The van der Waals surface area contributed by atoms with E-state index in [0.29, 0.717) is 41.4 Å². The van der Waals surface area contributed by atoms with E-state index in [1.54, 1.807) is 37.2 Å². The largest absolute Gasteiger partial charge is 0.481 e. The van der Waals surface area contributed by atoms with Crippen molar-refractivity contribution < 1.29 is 23.4 Å². The van der Waals surface area contributed by atoms with Gasteiger partial charge in [-0.2, -0.15) is 4.98 Å². The molecule has 1 saturated heterocycles. The van der Waals surface area contributed by atoms with Crippen LogP contribution in [0.2, 0.25) is 0 Å². The lowest BCUT2D eigenvalue weighted by molar-refractivity contribution is -0.134. The second kappa shape index (κ2) is 12.4. The third-order valence-corrected chi connectivity index (χ3v) is 5.39. The predicted molar refractivity (Wildman–Crippen MR) is 133 cm³/mol. The van der Waals surface area contributed by atoms with E-state index >= 15 is 0 Å². The minimum absolute atomic E-state index is 0.0429. The Morgan fingerprint density at radius 3 is 2.53 bits per heavy atom. The van der Waals surface area contributed by atoms with Crippen LogP contribution in [0.15, 0.2) is 30.1 Å². The SMILES string of the molecule is CC(=O)O.Cc1nc(/C(N)=C(\COc2nccc(C(C)C)n2)N(C)N)ccc1N1CCCC(F)(F)C1. The molecule has 0 aromatic carbocycles. The van der Waals surface area contributed by atoms with Gasteiger partial charge in [0, 0.05) is 33.1 Å². The number of nitrogens with zero attached hydrogens (tertiary/aromatic N) is 5. The topological polar surface area (TPSA) is 144 Å². The Hall–Kier alpha value is -3.54. The van der Waals surface area contributed by atoms with E-state index in [1.165, 1.54) is 5.01 Å². The average Bonchev–Trinajstić information content (AvgIpc) is 2.78. The Morgan fingerprint density at radius 2 is 1.97 bits per heavy atom. The van der Waals surface area contributed by atoms with Crippen LogP contribution in [-0.2, 0) is 4.79 Å². The van der Waals surface area contributed by atoms with E-state index in [1.807, 2.05) is 19.9 Å². The van der Waals surface area contributed by atoms with Crippen LogP contribution in [0.4, 0.5) is 14.5 Å². The zero-order valence-electron chi connectivity index (χ0n) is 21.3. The molecule has 0 amide bonds. The molecule has 2 aromatic heterocycles. The minimum atomic E-state index is -2.69. The number of halogens is 2. The smallest absolute Gasteiger partial charge is 0.316 e. The van der Waals surface area contributed by atoms with Crippen LogP contribution in [0, 0.1) is 6.92 Å². The van der Waals surface area contributed by atoms with Crippen LogP contribution in [-0.4, -0.2) is 63.7 Å². The zero-order chi connectivity index (χ0) is 27.0. The molecule has 0 unspecified atom stereocenters. The molecule has 0 saturated carbocycles. The molecular weight excluding hydrogens is 472 g/mol. The number of carbonyl (C=O) groups is 1. The van der Waals surface area contributed by atoms with Crippen LogP contribution in [0.25, 0.3) is 5.70 Å². The van der Waals surface area contributed by atoms with Crippen molar-refractivity contribution in [3.05, 3.63) is 47.2 Å². The number of anilines is 1. The van der Waals surface area contributed by atoms with Gasteiger partial charge in [-0.3, -0.25) is 4.79 Å². The van der Waals surface area contributed by atoms with Gasteiger partial charge < -0.3 is 25.5 Å². The Balaban J connectivity index is 0.00000106. The molecule has 1 fully saturated rings. The van der Waals surface area contributed by atoms with Gasteiger partial charge in [0.15, 0.2) is 0 Å². The predicted octanol–water partition coefficient (Wildman–Crippen LogP) is 3.14. The van der Waals surface area contributed by atoms with Gasteiger partial charge in [-0.25, -0.2) is 24.6 Å². The lowest BCUT2D eigenvalue weighted by Crippen LogP contribution is -2.43. The molecule has 36 heavy (non-hydrogen) atoms. The molecule has 3 rings (SSSR count). The molecule has 1 aliphatic rings. The van der Waals surface area contributed by atoms with Crippen molar-refractivity contribution in [2.45, 2.75) is 52.4 Å². The fourth-order valence-corrected chi connectivity index (χ4v) is 3.60. The number of piperidine rings is 1. The molecule has 3 heterocycles. The van der Waals surface area contributed by atoms with E-state index in [0.717, 1.165) is 12.6 Å². The third kappa shape index (κ3) is 8.29. The second-order valence-electron chi connectivity index (χ2n) is 8.88. The lowest BCUT2D eigenvalue weighted by atomic mass is 10.1. The van der Waals surface area contributed by atoms with Gasteiger partial charge >= 0.3 is 6.01 Å². The highest BCUT2D eigenvalue weighted by Gasteiger charge is 2.35. The number of aliphatic carboxylic acids is 1. The second-order valence-corrected chi connectivity index (χ2v) is 8.88. The number of carboxylic acids is 1. The molecule has 10 nitrogen and oxygen atoms in total. The molecule has 0 atom stereocenters. The summed E-state index contributed by atoms with van der Waals surface area (Å²) < 4.78 is 33.4. The molecule has 0 aliphatic carbocycles. The van der Waals surface area contributed by atoms with E-state index in [4.69, 9.17) is 26.2 Å². The quantitative estimate of drug-likeness (QED) is 0.378. The molecule has 0 spiro atoms. The van der Waals surface area contributed by atoms with E-state index in [-0.39, 0.29) is 31.5 Å². The monoisotopic (exact) mass is 507 g/mol. The van der Waals surface area contributed by atoms with Crippen LogP contribution in [0.1, 0.15) is 56.6 Å². The number of hydrazine groups is 1. The van der Waals surface area contributed by atoms with Gasteiger partial charge in [0.1, 0.15) is 6.61 Å². The van der Waals surface area contributed by atoms with Crippen molar-refractivity contribution in [2.75, 3.05) is 31.6 Å². The summed E-state index contributed by atoms with van der Waals surface area (Å²) >= 11 is 0. The molecule has 5 N–H and O–H groups in total. The molecule has 1 aliphatic heterocycles. The number of carboxylic acid groups (broad SMARTS) is 1. The maximum absolute atomic E-state index is 13.8. The van der Waals surface area contributed by atoms with Crippen molar-refractivity contribution >= 4 is 17.4 Å². The number of aromatic nitrogens is 3. The summed E-state index contributed by atoms with van der Waals surface area (Å²) in [7, 11) is 1.65. The van der Waals surface area contributed by atoms with Crippen molar-refractivity contribution in [1.29, 1.82) is 0 Å². The number of nitrogens with two attached hydrogens (primary N) is 2. The number of likely N-dealkylation sites (N-methyl/N-ethyl adjacent to an activating group) is 1. The molecule has 198 valence electrons. The van der Waals surface area contributed by atoms with E-state index in [2.05, 4.69) is 15.0 Å². The van der Waals surface area contributed by atoms with Gasteiger partial charge in [-0.05, 0) is 37.5 Å². The summed E-state index contributed by atoms with van der Waals surface area (Å²) in [4.78, 5) is 23.7. The summed E-state index contributed by atoms with van der Waals surface area (Å²) in [5.41, 5.74) is 9.84. The lowest BCUT2D eigenvalue weighted by Gasteiger charge is -2.34. The summed E-state index contributed by atoms with van der Waals surface area (Å²) in [6.07, 6.45) is 2.00.